The van der Waals surface area contributed by atoms with E-state index in [4.69, 9.17) is 29.0 Å². The van der Waals surface area contributed by atoms with Gasteiger partial charge in [0, 0.05) is 0 Å². The Morgan fingerprint density at radius 3 is 2.52 bits per heavy atom. The Balaban J connectivity index is 0.000000438. The average Bonchev–Trinajstić information content (AvgIpc) is 3.29. The number of nitrogens with one attached hydrogen (secondary N) is 2. The molecule has 0 aliphatic heterocycles. The molecule has 0 aromatic carbocycles. The molecule has 3 aromatic rings. The molecule has 3 rings (SSSR count). The number of hydrogen-bond donors (Lipinski definition) is 4. The monoisotopic (exact) mass is 423 g/mol. The third kappa shape index (κ3) is 5.49. The number of carbonyl (C=O) groups is 3. The van der Waals surface area contributed by atoms with E-state index in [0.29, 0.717) is 39.6 Å². The molecular formula is C17H17N3O8S. The zero-order chi connectivity index (χ0) is 21.6. The highest BCUT2D eigenvalue weighted by molar-refractivity contribution is 7.20. The average molecular weight is 423 g/mol. The van der Waals surface area contributed by atoms with Gasteiger partial charge in [0.2, 0.25) is 0 Å². The number of aromatic amines is 1. The molecule has 0 aliphatic carbocycles. The lowest BCUT2D eigenvalue weighted by Crippen LogP contribution is -2.19. The van der Waals surface area contributed by atoms with Crippen molar-refractivity contribution in [3.63, 3.8) is 0 Å². The number of carboxylic acids is 2. The molecule has 0 saturated heterocycles. The molecule has 0 bridgehead atoms. The fraction of sp³-hybridized carbons (Fsp3) is 0.235. The standard InChI is InChI=1S/C15H15N3O4S.C2H2O4/c1-8-11-13(19)17-10(7-16-6-9-4-3-5-22-9)18-14(11)23-12(8)15(20)21-2;3-1(4)2(5)6/h3-5,16H,6-7H2,1-2H3,(H,17,18,19);(H,3,4)(H,5,6). The van der Waals surface area contributed by atoms with Gasteiger partial charge in [-0.15, -0.1) is 11.3 Å². The topological polar surface area (TPSA) is 172 Å². The summed E-state index contributed by atoms with van der Waals surface area (Å²) >= 11 is 1.16. The van der Waals surface area contributed by atoms with Crippen LogP contribution in [0.2, 0.25) is 0 Å². The molecule has 29 heavy (non-hydrogen) atoms. The molecule has 0 spiro atoms. The predicted octanol–water partition coefficient (Wildman–Crippen LogP) is 1.12. The lowest BCUT2D eigenvalue weighted by atomic mass is 10.2. The van der Waals surface area contributed by atoms with Crippen molar-refractivity contribution < 1.29 is 33.8 Å². The number of carboxylic acid groups (broad SMARTS) is 2. The summed E-state index contributed by atoms with van der Waals surface area (Å²) in [5, 5.41) is 18.4. The molecule has 0 amide bonds. The molecule has 3 heterocycles. The van der Waals surface area contributed by atoms with Gasteiger partial charge in [-0.2, -0.15) is 0 Å². The van der Waals surface area contributed by atoms with Gasteiger partial charge in [-0.3, -0.25) is 4.79 Å². The number of rotatable bonds is 5. The van der Waals surface area contributed by atoms with Crippen LogP contribution in [0.3, 0.4) is 0 Å². The first-order chi connectivity index (χ1) is 13.7. The minimum Gasteiger partial charge on any atom is -0.473 e. The number of methoxy groups -OCH3 is 1. The lowest BCUT2D eigenvalue weighted by molar-refractivity contribution is -0.159. The number of aryl methyl sites for hydroxylation is 1. The summed E-state index contributed by atoms with van der Waals surface area (Å²) in [5.41, 5.74) is 0.342. The summed E-state index contributed by atoms with van der Waals surface area (Å²) < 4.78 is 9.95. The first-order valence-corrected chi connectivity index (χ1v) is 8.86. The Morgan fingerprint density at radius 2 is 1.97 bits per heavy atom. The fourth-order valence-electron chi connectivity index (χ4n) is 2.28. The molecule has 154 valence electrons. The van der Waals surface area contributed by atoms with Gasteiger partial charge in [-0.25, -0.2) is 19.4 Å². The van der Waals surface area contributed by atoms with Crippen molar-refractivity contribution in [2.75, 3.05) is 7.11 Å². The van der Waals surface area contributed by atoms with Crippen LogP contribution in [0.25, 0.3) is 10.2 Å². The van der Waals surface area contributed by atoms with E-state index in [2.05, 4.69) is 15.3 Å². The highest BCUT2D eigenvalue weighted by Crippen LogP contribution is 2.27. The van der Waals surface area contributed by atoms with Crippen molar-refractivity contribution in [1.29, 1.82) is 0 Å². The number of aromatic nitrogens is 2. The first-order valence-electron chi connectivity index (χ1n) is 8.04. The van der Waals surface area contributed by atoms with Gasteiger partial charge in [-0.05, 0) is 24.6 Å². The van der Waals surface area contributed by atoms with Crippen molar-refractivity contribution >= 4 is 39.5 Å². The van der Waals surface area contributed by atoms with Crippen LogP contribution in [-0.2, 0) is 27.4 Å². The summed E-state index contributed by atoms with van der Waals surface area (Å²) in [5.74, 6) is -2.80. The second-order valence-corrected chi connectivity index (χ2v) is 6.53. The van der Waals surface area contributed by atoms with Gasteiger partial charge in [0.15, 0.2) is 0 Å². The minimum atomic E-state index is -1.82. The number of esters is 1. The van der Waals surface area contributed by atoms with Crippen molar-refractivity contribution in [2.45, 2.75) is 20.0 Å². The first kappa shape index (κ1) is 21.8. The molecule has 11 nitrogen and oxygen atoms in total. The third-order valence-electron chi connectivity index (χ3n) is 3.58. The predicted molar refractivity (Wildman–Crippen MR) is 101 cm³/mol. The molecule has 3 aromatic heterocycles. The summed E-state index contributed by atoms with van der Waals surface area (Å²) in [6, 6.07) is 3.67. The van der Waals surface area contributed by atoms with Crippen molar-refractivity contribution in [3.8, 4) is 0 Å². The zero-order valence-corrected chi connectivity index (χ0v) is 16.2. The Hall–Kier alpha value is -3.51. The summed E-state index contributed by atoms with van der Waals surface area (Å²) in [6.45, 7) is 2.64. The van der Waals surface area contributed by atoms with Crippen molar-refractivity contribution in [2.24, 2.45) is 0 Å². The van der Waals surface area contributed by atoms with E-state index in [1.165, 1.54) is 7.11 Å². The molecule has 0 aliphatic rings. The fourth-order valence-corrected chi connectivity index (χ4v) is 3.40. The third-order valence-corrected chi connectivity index (χ3v) is 4.74. The SMILES string of the molecule is COC(=O)c1sc2nc(CNCc3ccco3)[nH]c(=O)c2c1C.O=C(O)C(=O)O. The maximum atomic E-state index is 12.2. The van der Waals surface area contributed by atoms with Gasteiger partial charge in [0.05, 0.1) is 31.8 Å². The van der Waals surface area contributed by atoms with E-state index in [0.717, 1.165) is 17.1 Å². The summed E-state index contributed by atoms with van der Waals surface area (Å²) in [6.07, 6.45) is 1.60. The van der Waals surface area contributed by atoms with Gasteiger partial charge in [0.25, 0.3) is 5.56 Å². The van der Waals surface area contributed by atoms with E-state index in [1.54, 1.807) is 13.2 Å². The number of fused-ring (bicyclic) bond motifs is 1. The molecule has 0 atom stereocenters. The zero-order valence-electron chi connectivity index (χ0n) is 15.3. The Labute approximate surface area is 167 Å². The molecule has 12 heteroatoms. The number of nitrogens with zero attached hydrogens (tertiary/aromatic N) is 1. The number of aliphatic carboxylic acids is 2. The number of hydrogen-bond acceptors (Lipinski definition) is 9. The Bertz CT molecular complexity index is 1070. The largest absolute Gasteiger partial charge is 0.473 e. The van der Waals surface area contributed by atoms with Crippen LogP contribution < -0.4 is 10.9 Å². The van der Waals surface area contributed by atoms with Gasteiger partial charge in [-0.1, -0.05) is 0 Å². The molecule has 0 radical (unpaired) electrons. The van der Waals surface area contributed by atoms with Crippen molar-refractivity contribution in [1.82, 2.24) is 15.3 Å². The number of carbonyl (C=O) groups excluding carboxylic acids is 1. The molecule has 0 unspecified atom stereocenters. The van der Waals surface area contributed by atoms with Crippen LogP contribution in [0.1, 0.15) is 26.8 Å². The van der Waals surface area contributed by atoms with Crippen molar-refractivity contribution in [3.05, 3.63) is 50.8 Å². The second kappa shape index (κ2) is 9.61. The number of furan rings is 1. The van der Waals surface area contributed by atoms with Crippen LogP contribution in [0.5, 0.6) is 0 Å². The maximum absolute atomic E-state index is 12.2. The number of thiophene rings is 1. The number of H-pyrrole nitrogens is 1. The Kier molecular flexibility index (Phi) is 7.22. The van der Waals surface area contributed by atoms with Crippen LogP contribution in [-0.4, -0.2) is 45.2 Å². The van der Waals surface area contributed by atoms with Gasteiger partial charge < -0.3 is 29.7 Å². The summed E-state index contributed by atoms with van der Waals surface area (Å²) in [7, 11) is 1.31. The molecular weight excluding hydrogens is 406 g/mol. The smallest absolute Gasteiger partial charge is 0.414 e. The molecule has 0 saturated carbocycles. The maximum Gasteiger partial charge on any atom is 0.414 e. The quantitative estimate of drug-likeness (QED) is 0.344. The van der Waals surface area contributed by atoms with Gasteiger partial charge in [0.1, 0.15) is 21.3 Å². The van der Waals surface area contributed by atoms with Crippen LogP contribution in [0.4, 0.5) is 0 Å². The minimum absolute atomic E-state index is 0.256. The molecule has 4 N–H and O–H groups in total. The van der Waals surface area contributed by atoms with Gasteiger partial charge >= 0.3 is 17.9 Å². The Morgan fingerprint density at radius 1 is 1.28 bits per heavy atom. The molecule has 0 fully saturated rings. The highest BCUT2D eigenvalue weighted by Gasteiger charge is 2.19. The normalized spacial score (nSPS) is 10.3. The highest BCUT2D eigenvalue weighted by atomic mass is 32.1. The van der Waals surface area contributed by atoms with E-state index >= 15 is 0 Å². The number of ether oxygens (including phenoxy) is 1. The lowest BCUT2D eigenvalue weighted by Gasteiger charge is -2.02. The van der Waals surface area contributed by atoms with Crippen LogP contribution >= 0.6 is 11.3 Å². The second-order valence-electron chi connectivity index (χ2n) is 5.53. The van der Waals surface area contributed by atoms with Crippen LogP contribution in [0, 0.1) is 6.92 Å². The van der Waals surface area contributed by atoms with E-state index < -0.39 is 17.9 Å². The van der Waals surface area contributed by atoms with Crippen LogP contribution in [0.15, 0.2) is 27.6 Å². The van der Waals surface area contributed by atoms with E-state index in [-0.39, 0.29) is 5.56 Å². The van der Waals surface area contributed by atoms with E-state index in [9.17, 15) is 9.59 Å². The van der Waals surface area contributed by atoms with E-state index in [1.807, 2.05) is 12.1 Å². The summed E-state index contributed by atoms with van der Waals surface area (Å²) in [4.78, 5) is 50.3.